The third-order valence-corrected chi connectivity index (χ3v) is 4.87. The maximum absolute atomic E-state index is 2.35. The Hall–Kier alpha value is -2.60. The molecule has 0 bridgehead atoms. The summed E-state index contributed by atoms with van der Waals surface area (Å²) >= 11 is 0. The van der Waals surface area contributed by atoms with E-state index in [1.165, 1.54) is 43.8 Å². The van der Waals surface area contributed by atoms with E-state index in [0.29, 0.717) is 0 Å². The summed E-state index contributed by atoms with van der Waals surface area (Å²) in [5, 5.41) is 5.37. The molecule has 4 aromatic rings. The molecule has 23 heavy (non-hydrogen) atoms. The second-order valence-electron chi connectivity index (χ2n) is 6.38. The van der Waals surface area contributed by atoms with Crippen molar-refractivity contribution in [1.29, 1.82) is 0 Å². The summed E-state index contributed by atoms with van der Waals surface area (Å²) in [4.78, 5) is 0. The molecular formula is C23H20. The summed E-state index contributed by atoms with van der Waals surface area (Å²) in [6, 6.07) is 26.5. The second-order valence-corrected chi connectivity index (χ2v) is 6.38. The highest BCUT2D eigenvalue weighted by Crippen LogP contribution is 2.26. The third-order valence-electron chi connectivity index (χ3n) is 4.87. The zero-order valence-electron chi connectivity index (χ0n) is 13.6. The maximum atomic E-state index is 2.35. The van der Waals surface area contributed by atoms with Gasteiger partial charge in [-0.15, -0.1) is 0 Å². The smallest absolute Gasteiger partial charge is 0.00227 e. The predicted octanol–water partition coefficient (Wildman–Crippen LogP) is 6.20. The summed E-state index contributed by atoms with van der Waals surface area (Å²) in [5.74, 6) is 0. The van der Waals surface area contributed by atoms with E-state index in [2.05, 4.69) is 86.6 Å². The van der Waals surface area contributed by atoms with Gasteiger partial charge in [-0.25, -0.2) is 0 Å². The van der Waals surface area contributed by atoms with E-state index in [9.17, 15) is 0 Å². The molecule has 0 aromatic heterocycles. The van der Waals surface area contributed by atoms with E-state index >= 15 is 0 Å². The molecule has 0 amide bonds. The van der Waals surface area contributed by atoms with Crippen LogP contribution in [0.4, 0.5) is 0 Å². The first-order valence-electron chi connectivity index (χ1n) is 8.18. The van der Waals surface area contributed by atoms with Crippen LogP contribution in [0.5, 0.6) is 0 Å². The van der Waals surface area contributed by atoms with Gasteiger partial charge >= 0.3 is 0 Å². The molecule has 112 valence electrons. The van der Waals surface area contributed by atoms with Gasteiger partial charge in [0.05, 0.1) is 0 Å². The number of fused-ring (bicyclic) bond motifs is 2. The molecule has 0 saturated heterocycles. The van der Waals surface area contributed by atoms with Crippen LogP contribution in [0.3, 0.4) is 0 Å². The molecular weight excluding hydrogens is 276 g/mol. The Morgan fingerprint density at radius 2 is 1.39 bits per heavy atom. The van der Waals surface area contributed by atoms with Crippen LogP contribution in [-0.2, 0) is 6.42 Å². The monoisotopic (exact) mass is 296 g/mol. The molecule has 0 radical (unpaired) electrons. The van der Waals surface area contributed by atoms with Gasteiger partial charge < -0.3 is 0 Å². The van der Waals surface area contributed by atoms with Crippen LogP contribution in [0.2, 0.25) is 0 Å². The summed E-state index contributed by atoms with van der Waals surface area (Å²) < 4.78 is 0. The molecule has 0 unspecified atom stereocenters. The minimum absolute atomic E-state index is 0.987. The second kappa shape index (κ2) is 5.55. The summed E-state index contributed by atoms with van der Waals surface area (Å²) in [5.41, 5.74) is 5.54. The molecule has 4 aromatic carbocycles. The molecule has 0 fully saturated rings. The van der Waals surface area contributed by atoms with Crippen LogP contribution in [0.25, 0.3) is 21.5 Å². The van der Waals surface area contributed by atoms with Gasteiger partial charge in [0.2, 0.25) is 0 Å². The molecule has 0 atom stereocenters. The third kappa shape index (κ3) is 2.51. The zero-order valence-corrected chi connectivity index (χ0v) is 13.6. The zero-order chi connectivity index (χ0) is 15.8. The van der Waals surface area contributed by atoms with Gasteiger partial charge in [0.15, 0.2) is 0 Å². The van der Waals surface area contributed by atoms with Gasteiger partial charge in [0.25, 0.3) is 0 Å². The average Bonchev–Trinajstić information content (AvgIpc) is 2.58. The molecule has 4 rings (SSSR count). The quantitative estimate of drug-likeness (QED) is 0.413. The van der Waals surface area contributed by atoms with Crippen LogP contribution in [0, 0.1) is 13.8 Å². The van der Waals surface area contributed by atoms with Crippen LogP contribution in [-0.4, -0.2) is 0 Å². The lowest BCUT2D eigenvalue weighted by Gasteiger charge is -2.11. The van der Waals surface area contributed by atoms with E-state index in [1.807, 2.05) is 0 Å². The lowest BCUT2D eigenvalue weighted by atomic mass is 9.94. The molecule has 0 N–H and O–H groups in total. The fourth-order valence-electron chi connectivity index (χ4n) is 3.47. The normalized spacial score (nSPS) is 11.2. The van der Waals surface area contributed by atoms with Crippen molar-refractivity contribution in [2.45, 2.75) is 20.3 Å². The number of hydrogen-bond acceptors (Lipinski definition) is 0. The van der Waals surface area contributed by atoms with Crippen molar-refractivity contribution in [1.82, 2.24) is 0 Å². The Labute approximate surface area is 137 Å². The van der Waals surface area contributed by atoms with Crippen LogP contribution in [0.1, 0.15) is 22.3 Å². The van der Waals surface area contributed by atoms with Gasteiger partial charge in [-0.1, -0.05) is 72.8 Å². The first kappa shape index (κ1) is 14.0. The Kier molecular flexibility index (Phi) is 3.38. The fourth-order valence-corrected chi connectivity index (χ4v) is 3.47. The van der Waals surface area contributed by atoms with Crippen molar-refractivity contribution in [3.8, 4) is 0 Å². The lowest BCUT2D eigenvalue weighted by Crippen LogP contribution is -1.93. The van der Waals surface area contributed by atoms with Crippen molar-refractivity contribution < 1.29 is 0 Å². The minimum Gasteiger partial charge on any atom is -0.0616 e. The first-order valence-corrected chi connectivity index (χ1v) is 8.18. The van der Waals surface area contributed by atoms with Crippen molar-refractivity contribution in [3.05, 3.63) is 95.1 Å². The van der Waals surface area contributed by atoms with Crippen molar-refractivity contribution in [2.75, 3.05) is 0 Å². The first-order chi connectivity index (χ1) is 11.2. The Balaban J connectivity index is 1.78. The number of benzene rings is 4. The molecule has 0 nitrogen and oxygen atoms in total. The molecule has 0 heteroatoms. The lowest BCUT2D eigenvalue weighted by molar-refractivity contribution is 1.17. The summed E-state index contributed by atoms with van der Waals surface area (Å²) in [6.07, 6.45) is 0.987. The maximum Gasteiger partial charge on any atom is -0.00227 e. The summed E-state index contributed by atoms with van der Waals surface area (Å²) in [7, 11) is 0. The van der Waals surface area contributed by atoms with E-state index in [1.54, 1.807) is 0 Å². The Bertz CT molecular complexity index is 1010. The van der Waals surface area contributed by atoms with E-state index in [4.69, 9.17) is 0 Å². The highest BCUT2D eigenvalue weighted by Gasteiger charge is 2.06. The van der Waals surface area contributed by atoms with E-state index in [-0.39, 0.29) is 0 Å². The fraction of sp³-hybridized carbons (Fsp3) is 0.130. The Morgan fingerprint density at radius 3 is 2.30 bits per heavy atom. The van der Waals surface area contributed by atoms with Crippen molar-refractivity contribution in [2.24, 2.45) is 0 Å². The molecule has 0 spiro atoms. The van der Waals surface area contributed by atoms with Crippen LogP contribution < -0.4 is 0 Å². The molecule has 0 heterocycles. The van der Waals surface area contributed by atoms with Crippen molar-refractivity contribution in [3.63, 3.8) is 0 Å². The molecule has 0 aliphatic carbocycles. The number of rotatable bonds is 2. The van der Waals surface area contributed by atoms with Crippen LogP contribution in [0.15, 0.2) is 72.8 Å². The highest BCUT2D eigenvalue weighted by molar-refractivity contribution is 5.87. The largest absolute Gasteiger partial charge is 0.0616 e. The average molecular weight is 296 g/mol. The number of aryl methyl sites for hydroxylation is 2. The Morgan fingerprint density at radius 1 is 0.652 bits per heavy atom. The minimum atomic E-state index is 0.987. The van der Waals surface area contributed by atoms with Crippen molar-refractivity contribution >= 4 is 21.5 Å². The van der Waals surface area contributed by atoms with Crippen LogP contribution >= 0.6 is 0 Å². The van der Waals surface area contributed by atoms with Gasteiger partial charge in [-0.05, 0) is 64.1 Å². The summed E-state index contributed by atoms with van der Waals surface area (Å²) in [6.45, 7) is 4.43. The van der Waals surface area contributed by atoms with E-state index in [0.717, 1.165) is 6.42 Å². The molecule has 0 aliphatic rings. The number of hydrogen-bond donors (Lipinski definition) is 0. The highest BCUT2D eigenvalue weighted by atomic mass is 14.1. The van der Waals surface area contributed by atoms with E-state index < -0.39 is 0 Å². The molecule has 0 aliphatic heterocycles. The predicted molar refractivity (Wildman–Crippen MR) is 100 cm³/mol. The van der Waals surface area contributed by atoms with Gasteiger partial charge in [-0.3, -0.25) is 0 Å². The van der Waals surface area contributed by atoms with Gasteiger partial charge in [0.1, 0.15) is 0 Å². The van der Waals surface area contributed by atoms with Gasteiger partial charge in [-0.2, -0.15) is 0 Å². The molecule has 0 saturated carbocycles. The SMILES string of the molecule is Cc1cccc2ccc(Cc3ccc4ccccc4c3C)cc12. The topological polar surface area (TPSA) is 0 Å². The van der Waals surface area contributed by atoms with Gasteiger partial charge in [0, 0.05) is 0 Å². The standard InChI is InChI=1S/C23H20/c1-16-6-5-8-20-11-10-18(15-23(16)20)14-21-13-12-19-7-3-4-9-22(19)17(21)2/h3-13,15H,14H2,1-2H3.